The topological polar surface area (TPSA) is 98.1 Å². The van der Waals surface area contributed by atoms with Gasteiger partial charge in [0.2, 0.25) is 5.16 Å². The molecule has 0 N–H and O–H groups in total. The molecule has 0 radical (unpaired) electrons. The monoisotopic (exact) mass is 409 g/mol. The van der Waals surface area contributed by atoms with Gasteiger partial charge in [0.05, 0.1) is 11.4 Å². The lowest BCUT2D eigenvalue weighted by atomic mass is 10.3. The molecule has 3 rings (SSSR count). The average molecular weight is 410 g/mol. The minimum atomic E-state index is -4.00. The van der Waals surface area contributed by atoms with Crippen molar-refractivity contribution in [3.8, 4) is 5.69 Å². The molecule has 0 aliphatic carbocycles. The zero-order valence-corrected chi connectivity index (χ0v) is 15.7. The molecule has 0 atom stereocenters. The molecule has 1 amide bonds. The zero-order valence-electron chi connectivity index (χ0n) is 13.4. The number of rotatable bonds is 4. The van der Waals surface area contributed by atoms with Crippen LogP contribution in [0.25, 0.3) is 5.69 Å². The van der Waals surface area contributed by atoms with Crippen LogP contribution in [0.15, 0.2) is 64.6 Å². The van der Waals surface area contributed by atoms with Crippen molar-refractivity contribution in [1.82, 2.24) is 20.2 Å². The Bertz CT molecular complexity index is 1040. The Labute approximate surface area is 158 Å². The summed E-state index contributed by atoms with van der Waals surface area (Å²) in [5.41, 5.74) is 0.859. The number of tetrazole rings is 1. The van der Waals surface area contributed by atoms with Gasteiger partial charge in [-0.1, -0.05) is 30.3 Å². The van der Waals surface area contributed by atoms with E-state index in [0.717, 1.165) is 11.8 Å². The number of halogens is 1. The number of para-hydroxylation sites is 2. The SMILES string of the molecule is CN(C(=O)Sc1nnnn1-c1ccccc1)c1ccccc1S(=O)(=O)Cl. The van der Waals surface area contributed by atoms with Crippen molar-refractivity contribution in [1.29, 1.82) is 0 Å². The molecule has 0 fully saturated rings. The summed E-state index contributed by atoms with van der Waals surface area (Å²) < 4.78 is 24.9. The van der Waals surface area contributed by atoms with Crippen molar-refractivity contribution in [2.45, 2.75) is 10.1 Å². The highest BCUT2D eigenvalue weighted by atomic mass is 35.7. The van der Waals surface area contributed by atoms with Crippen LogP contribution in [0.2, 0.25) is 0 Å². The molecule has 8 nitrogen and oxygen atoms in total. The molecule has 0 saturated heterocycles. The summed E-state index contributed by atoms with van der Waals surface area (Å²) in [5, 5.41) is 11.1. The van der Waals surface area contributed by atoms with Gasteiger partial charge in [-0.15, -0.1) is 5.10 Å². The van der Waals surface area contributed by atoms with Gasteiger partial charge >= 0.3 is 0 Å². The van der Waals surface area contributed by atoms with Crippen LogP contribution in [-0.4, -0.2) is 40.9 Å². The minimum absolute atomic E-state index is 0.152. The lowest BCUT2D eigenvalue weighted by Crippen LogP contribution is -2.23. The summed E-state index contributed by atoms with van der Waals surface area (Å²) in [5.74, 6) is 0. The van der Waals surface area contributed by atoms with Crippen molar-refractivity contribution in [3.63, 3.8) is 0 Å². The number of amides is 1. The van der Waals surface area contributed by atoms with Gasteiger partial charge in [-0.05, 0) is 34.7 Å². The second-order valence-electron chi connectivity index (χ2n) is 5.04. The molecule has 1 aromatic heterocycles. The second kappa shape index (κ2) is 7.44. The Kier molecular flexibility index (Phi) is 5.25. The van der Waals surface area contributed by atoms with Gasteiger partial charge in [0.25, 0.3) is 14.3 Å². The number of hydrogen-bond acceptors (Lipinski definition) is 7. The maximum Gasteiger partial charge on any atom is 0.293 e. The summed E-state index contributed by atoms with van der Waals surface area (Å²) in [6, 6.07) is 15.1. The maximum atomic E-state index is 12.6. The van der Waals surface area contributed by atoms with Crippen LogP contribution in [-0.2, 0) is 9.05 Å². The van der Waals surface area contributed by atoms with Gasteiger partial charge in [-0.3, -0.25) is 4.79 Å². The summed E-state index contributed by atoms with van der Waals surface area (Å²) >= 11 is 0.770. The fourth-order valence-corrected chi connectivity index (χ4v) is 3.94. The number of aromatic nitrogens is 4. The molecule has 0 unspecified atom stereocenters. The Hall–Kier alpha value is -2.43. The predicted octanol–water partition coefficient (Wildman–Crippen LogP) is 2.94. The van der Waals surface area contributed by atoms with Gasteiger partial charge in [-0.25, -0.2) is 8.42 Å². The Morgan fingerprint density at radius 3 is 2.46 bits per heavy atom. The van der Waals surface area contributed by atoms with Crippen LogP contribution in [0.1, 0.15) is 0 Å². The van der Waals surface area contributed by atoms with Crippen molar-refractivity contribution in [2.24, 2.45) is 0 Å². The van der Waals surface area contributed by atoms with Crippen molar-refractivity contribution in [2.75, 3.05) is 11.9 Å². The maximum absolute atomic E-state index is 12.6. The molecule has 2 aromatic carbocycles. The molecule has 1 heterocycles. The molecule has 134 valence electrons. The molecule has 0 bridgehead atoms. The first-order valence-electron chi connectivity index (χ1n) is 7.21. The number of carbonyl (C=O) groups excluding carboxylic acids is 1. The Morgan fingerprint density at radius 2 is 1.77 bits per heavy atom. The zero-order chi connectivity index (χ0) is 18.7. The van der Waals surface area contributed by atoms with E-state index in [4.69, 9.17) is 10.7 Å². The summed E-state index contributed by atoms with van der Waals surface area (Å²) in [6.07, 6.45) is 0. The molecule has 0 saturated carbocycles. The van der Waals surface area contributed by atoms with Crippen LogP contribution in [0.4, 0.5) is 10.5 Å². The highest BCUT2D eigenvalue weighted by Gasteiger charge is 2.23. The number of thioether (sulfide) groups is 1. The van der Waals surface area contributed by atoms with E-state index < -0.39 is 14.3 Å². The van der Waals surface area contributed by atoms with Crippen molar-refractivity contribution < 1.29 is 13.2 Å². The van der Waals surface area contributed by atoms with E-state index in [0.29, 0.717) is 5.69 Å². The fraction of sp³-hybridized carbons (Fsp3) is 0.0667. The summed E-state index contributed by atoms with van der Waals surface area (Å²) in [7, 11) is 2.90. The van der Waals surface area contributed by atoms with Gasteiger partial charge < -0.3 is 4.90 Å². The quantitative estimate of drug-likeness (QED) is 0.482. The molecule has 11 heteroatoms. The minimum Gasteiger partial charge on any atom is -0.305 e. The van der Waals surface area contributed by atoms with E-state index in [1.807, 2.05) is 18.2 Å². The second-order valence-corrected chi connectivity index (χ2v) is 8.49. The molecular weight excluding hydrogens is 398 g/mol. The first-order chi connectivity index (χ1) is 12.4. The van der Waals surface area contributed by atoms with Crippen molar-refractivity contribution in [3.05, 3.63) is 54.6 Å². The average Bonchev–Trinajstić information content (AvgIpc) is 3.09. The third-order valence-corrected chi connectivity index (χ3v) is 5.64. The molecule has 26 heavy (non-hydrogen) atoms. The number of nitrogens with zero attached hydrogens (tertiary/aromatic N) is 5. The summed E-state index contributed by atoms with van der Waals surface area (Å²) in [4.78, 5) is 13.6. The van der Waals surface area contributed by atoms with E-state index in [2.05, 4.69) is 15.5 Å². The Balaban J connectivity index is 1.88. The lowest BCUT2D eigenvalue weighted by molar-refractivity contribution is 0.266. The van der Waals surface area contributed by atoms with Gasteiger partial charge in [-0.2, -0.15) is 4.68 Å². The van der Waals surface area contributed by atoms with E-state index in [1.54, 1.807) is 18.2 Å². The standard InChI is InChI=1S/C15H12ClN5O3S2/c1-20(12-9-5-6-10-13(12)26(16,23)24)15(22)25-14-17-18-19-21(14)11-7-3-2-4-8-11/h2-10H,1H3. The molecule has 0 aliphatic rings. The highest BCUT2D eigenvalue weighted by Crippen LogP contribution is 2.30. The van der Waals surface area contributed by atoms with E-state index >= 15 is 0 Å². The highest BCUT2D eigenvalue weighted by molar-refractivity contribution is 8.14. The number of hydrogen-bond donors (Lipinski definition) is 0. The van der Waals surface area contributed by atoms with E-state index in [9.17, 15) is 13.2 Å². The number of carbonyl (C=O) groups is 1. The third kappa shape index (κ3) is 3.87. The fourth-order valence-electron chi connectivity index (χ4n) is 2.16. The molecule has 3 aromatic rings. The van der Waals surface area contributed by atoms with Gasteiger partial charge in [0, 0.05) is 29.5 Å². The van der Waals surface area contributed by atoms with Crippen LogP contribution in [0.5, 0.6) is 0 Å². The number of anilines is 1. The van der Waals surface area contributed by atoms with Crippen LogP contribution >= 0.6 is 22.4 Å². The van der Waals surface area contributed by atoms with Crippen molar-refractivity contribution >= 4 is 42.4 Å². The van der Waals surface area contributed by atoms with E-state index in [-0.39, 0.29) is 15.7 Å². The van der Waals surface area contributed by atoms with Gasteiger partial charge in [0.1, 0.15) is 4.90 Å². The normalized spacial score (nSPS) is 11.3. The summed E-state index contributed by atoms with van der Waals surface area (Å²) in [6.45, 7) is 0. The van der Waals surface area contributed by atoms with Crippen LogP contribution < -0.4 is 4.90 Å². The third-order valence-electron chi connectivity index (χ3n) is 3.38. The van der Waals surface area contributed by atoms with Gasteiger partial charge in [0.15, 0.2) is 0 Å². The molecule has 0 spiro atoms. The first kappa shape index (κ1) is 18.4. The largest absolute Gasteiger partial charge is 0.305 e. The molecule has 0 aliphatic heterocycles. The van der Waals surface area contributed by atoms with E-state index in [1.165, 1.54) is 34.8 Å². The van der Waals surface area contributed by atoms with Crippen LogP contribution in [0.3, 0.4) is 0 Å². The first-order valence-corrected chi connectivity index (χ1v) is 10.3. The Morgan fingerprint density at radius 1 is 1.12 bits per heavy atom. The van der Waals surface area contributed by atoms with Crippen LogP contribution in [0, 0.1) is 0 Å². The molecular formula is C15H12ClN5O3S2. The smallest absolute Gasteiger partial charge is 0.293 e. The predicted molar refractivity (Wildman–Crippen MR) is 98.3 cm³/mol. The number of benzene rings is 2. The lowest BCUT2D eigenvalue weighted by Gasteiger charge is -2.18.